The van der Waals surface area contributed by atoms with E-state index in [-0.39, 0.29) is 11.2 Å². The highest BCUT2D eigenvalue weighted by molar-refractivity contribution is 5.82. The Morgan fingerprint density at radius 1 is 1.00 bits per heavy atom. The lowest BCUT2D eigenvalue weighted by Gasteiger charge is -2.12. The van der Waals surface area contributed by atoms with Gasteiger partial charge < -0.3 is 19.0 Å². The molecule has 0 aliphatic rings. The fourth-order valence-electron chi connectivity index (χ4n) is 2.53. The third-order valence-corrected chi connectivity index (χ3v) is 3.61. The van der Waals surface area contributed by atoms with Crippen molar-refractivity contribution in [3.8, 4) is 28.4 Å². The average Bonchev–Trinajstić information content (AvgIpc) is 2.57. The van der Waals surface area contributed by atoms with Crippen LogP contribution in [0, 0.1) is 0 Å². The fraction of sp³-hybridized carbons (Fsp3) is 0.211. The zero-order chi connectivity index (χ0) is 17.1. The summed E-state index contributed by atoms with van der Waals surface area (Å²) >= 11 is 0. The predicted molar refractivity (Wildman–Crippen MR) is 91.9 cm³/mol. The van der Waals surface area contributed by atoms with Crippen molar-refractivity contribution in [2.45, 2.75) is 13.8 Å². The van der Waals surface area contributed by atoms with Crippen LogP contribution in [0.15, 0.2) is 51.9 Å². The molecule has 0 aliphatic heterocycles. The summed E-state index contributed by atoms with van der Waals surface area (Å²) in [7, 11) is 0. The van der Waals surface area contributed by atoms with Crippen LogP contribution in [0.1, 0.15) is 13.8 Å². The summed E-state index contributed by atoms with van der Waals surface area (Å²) in [5, 5.41) is 9.91. The molecule has 24 heavy (non-hydrogen) atoms. The Balaban J connectivity index is 2.13. The molecule has 0 saturated heterocycles. The maximum Gasteiger partial charge on any atom is 0.200 e. The maximum absolute atomic E-state index is 12.7. The van der Waals surface area contributed by atoms with Crippen LogP contribution in [-0.4, -0.2) is 18.3 Å². The highest BCUT2D eigenvalue weighted by Crippen LogP contribution is 2.32. The molecule has 124 valence electrons. The van der Waals surface area contributed by atoms with Crippen molar-refractivity contribution in [1.29, 1.82) is 0 Å². The number of hydrogen-bond donors (Lipinski definition) is 1. The van der Waals surface area contributed by atoms with E-state index in [1.54, 1.807) is 24.3 Å². The number of phenolic OH excluding ortho intramolecular Hbond substituents is 1. The van der Waals surface area contributed by atoms with E-state index in [2.05, 4.69) is 0 Å². The van der Waals surface area contributed by atoms with Crippen LogP contribution in [0.2, 0.25) is 0 Å². The van der Waals surface area contributed by atoms with Gasteiger partial charge in [-0.25, -0.2) is 0 Å². The van der Waals surface area contributed by atoms with Gasteiger partial charge in [0.25, 0.3) is 0 Å². The molecule has 5 heteroatoms. The van der Waals surface area contributed by atoms with Crippen molar-refractivity contribution in [2.24, 2.45) is 0 Å². The second kappa shape index (κ2) is 6.66. The molecule has 0 saturated carbocycles. The molecular formula is C19H18O5. The van der Waals surface area contributed by atoms with Crippen LogP contribution in [-0.2, 0) is 0 Å². The lowest BCUT2D eigenvalue weighted by molar-refractivity contribution is 0.288. The monoisotopic (exact) mass is 326 g/mol. The third kappa shape index (κ3) is 2.93. The van der Waals surface area contributed by atoms with Gasteiger partial charge in [-0.05, 0) is 43.7 Å². The van der Waals surface area contributed by atoms with E-state index >= 15 is 0 Å². The molecule has 0 spiro atoms. The first-order chi connectivity index (χ1) is 11.6. The molecule has 3 aromatic rings. The molecule has 0 atom stereocenters. The van der Waals surface area contributed by atoms with Gasteiger partial charge in [-0.3, -0.25) is 4.79 Å². The fourth-order valence-corrected chi connectivity index (χ4v) is 2.53. The Morgan fingerprint density at radius 3 is 2.50 bits per heavy atom. The van der Waals surface area contributed by atoms with Gasteiger partial charge in [0.05, 0.1) is 24.2 Å². The molecule has 0 amide bonds. The lowest BCUT2D eigenvalue weighted by atomic mass is 10.0. The predicted octanol–water partition coefficient (Wildman–Crippen LogP) is 3.96. The first kappa shape index (κ1) is 15.9. The normalized spacial score (nSPS) is 10.8. The number of rotatable bonds is 5. The van der Waals surface area contributed by atoms with E-state index in [1.807, 2.05) is 13.8 Å². The van der Waals surface area contributed by atoms with Crippen LogP contribution in [0.25, 0.3) is 22.1 Å². The molecule has 1 aromatic heterocycles. The molecule has 0 radical (unpaired) electrons. The summed E-state index contributed by atoms with van der Waals surface area (Å²) in [6.45, 7) is 4.81. The molecule has 2 aromatic carbocycles. The van der Waals surface area contributed by atoms with Gasteiger partial charge in [0.1, 0.15) is 17.6 Å². The first-order valence-electron chi connectivity index (χ1n) is 7.78. The zero-order valence-electron chi connectivity index (χ0n) is 13.5. The molecular weight excluding hydrogens is 308 g/mol. The molecule has 0 unspecified atom stereocenters. The lowest BCUT2D eigenvalue weighted by Crippen LogP contribution is -2.05. The van der Waals surface area contributed by atoms with E-state index in [0.717, 1.165) is 0 Å². The Labute approximate surface area is 139 Å². The standard InChI is InChI=1S/C19H18O5/c1-3-22-16-8-5-12(9-18(16)23-4-2)15-11-24-17-10-13(20)6-7-14(17)19(15)21/h5-11,20H,3-4H2,1-2H3. The van der Waals surface area contributed by atoms with Gasteiger partial charge in [0.15, 0.2) is 16.9 Å². The van der Waals surface area contributed by atoms with Crippen LogP contribution in [0.5, 0.6) is 17.2 Å². The Bertz CT molecular complexity index is 927. The number of benzene rings is 2. The van der Waals surface area contributed by atoms with Gasteiger partial charge in [-0.1, -0.05) is 6.07 Å². The zero-order valence-corrected chi connectivity index (χ0v) is 13.5. The molecule has 5 nitrogen and oxygen atoms in total. The summed E-state index contributed by atoms with van der Waals surface area (Å²) in [4.78, 5) is 12.7. The highest BCUT2D eigenvalue weighted by atomic mass is 16.5. The van der Waals surface area contributed by atoms with E-state index in [0.29, 0.717) is 46.8 Å². The van der Waals surface area contributed by atoms with Crippen molar-refractivity contribution in [2.75, 3.05) is 13.2 Å². The van der Waals surface area contributed by atoms with Crippen molar-refractivity contribution < 1.29 is 19.0 Å². The SMILES string of the molecule is CCOc1ccc(-c2coc3cc(O)ccc3c2=O)cc1OCC. The van der Waals surface area contributed by atoms with Gasteiger partial charge in [-0.2, -0.15) is 0 Å². The molecule has 0 aliphatic carbocycles. The van der Waals surface area contributed by atoms with E-state index in [9.17, 15) is 9.90 Å². The molecule has 0 fully saturated rings. The smallest absolute Gasteiger partial charge is 0.200 e. The quantitative estimate of drug-likeness (QED) is 0.768. The van der Waals surface area contributed by atoms with Crippen molar-refractivity contribution in [3.63, 3.8) is 0 Å². The van der Waals surface area contributed by atoms with Gasteiger partial charge in [-0.15, -0.1) is 0 Å². The minimum Gasteiger partial charge on any atom is -0.508 e. The summed E-state index contributed by atoms with van der Waals surface area (Å²) in [5.41, 5.74) is 1.30. The van der Waals surface area contributed by atoms with E-state index < -0.39 is 0 Å². The van der Waals surface area contributed by atoms with Crippen molar-refractivity contribution in [3.05, 3.63) is 52.9 Å². The minimum atomic E-state index is -0.164. The Hall–Kier alpha value is -2.95. The van der Waals surface area contributed by atoms with Gasteiger partial charge in [0, 0.05) is 6.07 Å². The molecule has 3 rings (SSSR count). The Kier molecular flexibility index (Phi) is 4.42. The summed E-state index contributed by atoms with van der Waals surface area (Å²) in [6, 6.07) is 9.79. The summed E-state index contributed by atoms with van der Waals surface area (Å²) in [5.74, 6) is 1.28. The van der Waals surface area contributed by atoms with E-state index in [1.165, 1.54) is 18.4 Å². The second-order valence-electron chi connectivity index (χ2n) is 5.19. The van der Waals surface area contributed by atoms with Crippen molar-refractivity contribution >= 4 is 11.0 Å². The largest absolute Gasteiger partial charge is 0.508 e. The average molecular weight is 326 g/mol. The molecule has 1 N–H and O–H groups in total. The number of aromatic hydroxyl groups is 1. The number of phenols is 1. The van der Waals surface area contributed by atoms with Crippen LogP contribution >= 0.6 is 0 Å². The maximum atomic E-state index is 12.7. The van der Waals surface area contributed by atoms with Gasteiger partial charge in [0.2, 0.25) is 0 Å². The van der Waals surface area contributed by atoms with E-state index in [4.69, 9.17) is 13.9 Å². The molecule has 0 bridgehead atoms. The molecule has 1 heterocycles. The summed E-state index contributed by atoms with van der Waals surface area (Å²) in [6.07, 6.45) is 1.40. The second-order valence-corrected chi connectivity index (χ2v) is 5.19. The number of fused-ring (bicyclic) bond motifs is 1. The summed E-state index contributed by atoms with van der Waals surface area (Å²) < 4.78 is 16.6. The Morgan fingerprint density at radius 2 is 1.75 bits per heavy atom. The first-order valence-corrected chi connectivity index (χ1v) is 7.78. The minimum absolute atomic E-state index is 0.0538. The highest BCUT2D eigenvalue weighted by Gasteiger charge is 2.13. The number of ether oxygens (including phenoxy) is 2. The van der Waals surface area contributed by atoms with Crippen LogP contribution in [0.3, 0.4) is 0 Å². The number of hydrogen-bond acceptors (Lipinski definition) is 5. The third-order valence-electron chi connectivity index (χ3n) is 3.61. The van der Waals surface area contributed by atoms with Crippen LogP contribution in [0.4, 0.5) is 0 Å². The van der Waals surface area contributed by atoms with Crippen molar-refractivity contribution in [1.82, 2.24) is 0 Å². The van der Waals surface area contributed by atoms with Gasteiger partial charge >= 0.3 is 0 Å². The van der Waals surface area contributed by atoms with Crippen LogP contribution < -0.4 is 14.9 Å². The topological polar surface area (TPSA) is 68.9 Å².